The zero-order chi connectivity index (χ0) is 18.1. The van der Waals surface area contributed by atoms with Crippen LogP contribution in [0.5, 0.6) is 0 Å². The monoisotopic (exact) mass is 345 g/mol. The first kappa shape index (κ1) is 19.8. The summed E-state index contributed by atoms with van der Waals surface area (Å²) < 4.78 is 0. The summed E-state index contributed by atoms with van der Waals surface area (Å²) in [4.78, 5) is 14.4. The highest BCUT2D eigenvalue weighted by Crippen LogP contribution is 2.20. The van der Waals surface area contributed by atoms with Crippen molar-refractivity contribution in [1.29, 1.82) is 0 Å². The van der Waals surface area contributed by atoms with Gasteiger partial charge in [0.05, 0.1) is 0 Å². The molecule has 2 rings (SSSR count). The van der Waals surface area contributed by atoms with E-state index in [1.165, 1.54) is 30.6 Å². The summed E-state index contributed by atoms with van der Waals surface area (Å²) in [5.41, 5.74) is 2.53. The molecule has 2 N–H and O–H groups in total. The predicted octanol–water partition coefficient (Wildman–Crippen LogP) is 3.59. The summed E-state index contributed by atoms with van der Waals surface area (Å²) in [7, 11) is 0. The molecule has 1 aromatic rings. The molecule has 1 aliphatic rings. The molecule has 1 aliphatic heterocycles. The summed E-state index contributed by atoms with van der Waals surface area (Å²) >= 11 is 0. The molecule has 2 amide bonds. The molecule has 1 fully saturated rings. The van der Waals surface area contributed by atoms with Crippen molar-refractivity contribution < 1.29 is 4.79 Å². The molecule has 0 saturated carbocycles. The Hall–Kier alpha value is -1.55. The van der Waals surface area contributed by atoms with E-state index in [0.717, 1.165) is 44.2 Å². The Morgan fingerprint density at radius 2 is 1.84 bits per heavy atom. The van der Waals surface area contributed by atoms with E-state index in [2.05, 4.69) is 60.6 Å². The zero-order valence-electron chi connectivity index (χ0n) is 16.2. The van der Waals surface area contributed by atoms with Gasteiger partial charge in [0, 0.05) is 26.2 Å². The summed E-state index contributed by atoms with van der Waals surface area (Å²) in [5, 5.41) is 5.91. The second kappa shape index (κ2) is 10.4. The normalized spacial score (nSPS) is 21.1. The summed E-state index contributed by atoms with van der Waals surface area (Å²) in [5.74, 6) is 1.64. The van der Waals surface area contributed by atoms with E-state index in [1.807, 2.05) is 0 Å². The van der Waals surface area contributed by atoms with Gasteiger partial charge in [-0.15, -0.1) is 0 Å². The fourth-order valence-electron chi connectivity index (χ4n) is 3.89. The van der Waals surface area contributed by atoms with Crippen molar-refractivity contribution in [3.63, 3.8) is 0 Å². The van der Waals surface area contributed by atoms with Crippen LogP contribution in [0.2, 0.25) is 0 Å². The van der Waals surface area contributed by atoms with E-state index < -0.39 is 0 Å². The number of carbonyl (C=O) groups excluding carboxylic acids is 1. The Kier molecular flexibility index (Phi) is 8.26. The number of hydrogen-bond donors (Lipinski definition) is 2. The molecule has 1 heterocycles. The number of carbonyl (C=O) groups is 1. The fraction of sp³-hybridized carbons (Fsp3) is 0.667. The molecule has 4 nitrogen and oxygen atoms in total. The zero-order valence-corrected chi connectivity index (χ0v) is 16.2. The number of benzene rings is 1. The lowest BCUT2D eigenvalue weighted by molar-refractivity contribution is 0.139. The second-order valence-corrected chi connectivity index (χ2v) is 7.83. The van der Waals surface area contributed by atoms with Gasteiger partial charge in [-0.05, 0) is 56.6 Å². The van der Waals surface area contributed by atoms with E-state index in [9.17, 15) is 4.79 Å². The molecular formula is C21H35N3O. The van der Waals surface area contributed by atoms with Gasteiger partial charge in [-0.2, -0.15) is 0 Å². The van der Waals surface area contributed by atoms with Crippen molar-refractivity contribution in [3.05, 3.63) is 35.4 Å². The summed E-state index contributed by atoms with van der Waals surface area (Å²) in [6.45, 7) is 11.9. The molecule has 0 spiro atoms. The average molecular weight is 346 g/mol. The summed E-state index contributed by atoms with van der Waals surface area (Å²) in [6.07, 6.45) is 4.44. The third kappa shape index (κ3) is 7.91. The van der Waals surface area contributed by atoms with Gasteiger partial charge in [0.15, 0.2) is 0 Å². The van der Waals surface area contributed by atoms with E-state index in [0.29, 0.717) is 6.54 Å². The number of piperidine rings is 1. The van der Waals surface area contributed by atoms with Gasteiger partial charge in [0.2, 0.25) is 0 Å². The largest absolute Gasteiger partial charge is 0.338 e. The Bertz CT molecular complexity index is 522. The lowest BCUT2D eigenvalue weighted by atomic mass is 9.92. The van der Waals surface area contributed by atoms with Crippen LogP contribution >= 0.6 is 0 Å². The molecule has 25 heavy (non-hydrogen) atoms. The average Bonchev–Trinajstić information content (AvgIpc) is 2.54. The molecule has 1 saturated heterocycles. The van der Waals surface area contributed by atoms with Gasteiger partial charge < -0.3 is 15.5 Å². The van der Waals surface area contributed by atoms with E-state index >= 15 is 0 Å². The molecule has 2 atom stereocenters. The second-order valence-electron chi connectivity index (χ2n) is 7.83. The van der Waals surface area contributed by atoms with Crippen LogP contribution < -0.4 is 10.6 Å². The number of unbranched alkanes of at least 4 members (excludes halogenated alkanes) is 1. The predicted molar refractivity (Wildman–Crippen MR) is 105 cm³/mol. The number of nitrogens with zero attached hydrogens (tertiary/aromatic N) is 1. The third-order valence-corrected chi connectivity index (χ3v) is 4.91. The topological polar surface area (TPSA) is 44.4 Å². The number of urea groups is 1. The van der Waals surface area contributed by atoms with Crippen molar-refractivity contribution in [1.82, 2.24) is 15.5 Å². The van der Waals surface area contributed by atoms with Crippen molar-refractivity contribution in [3.8, 4) is 0 Å². The van der Waals surface area contributed by atoms with Gasteiger partial charge >= 0.3 is 6.03 Å². The van der Waals surface area contributed by atoms with Gasteiger partial charge in [-0.3, -0.25) is 0 Å². The highest BCUT2D eigenvalue weighted by atomic mass is 16.2. The molecule has 4 heteroatoms. The molecule has 140 valence electrons. The lowest BCUT2D eigenvalue weighted by Crippen LogP contribution is -2.40. The van der Waals surface area contributed by atoms with Crippen LogP contribution in [0, 0.1) is 18.8 Å². The van der Waals surface area contributed by atoms with Crippen molar-refractivity contribution in [2.24, 2.45) is 11.8 Å². The summed E-state index contributed by atoms with van der Waals surface area (Å²) in [6, 6.07) is 8.38. The van der Waals surface area contributed by atoms with Crippen LogP contribution in [0.4, 0.5) is 4.79 Å². The maximum absolute atomic E-state index is 11.8. The van der Waals surface area contributed by atoms with Crippen molar-refractivity contribution in [2.45, 2.75) is 46.5 Å². The smallest absolute Gasteiger partial charge is 0.314 e. The third-order valence-electron chi connectivity index (χ3n) is 4.91. The van der Waals surface area contributed by atoms with Crippen LogP contribution in [0.25, 0.3) is 0 Å². The van der Waals surface area contributed by atoms with E-state index in [-0.39, 0.29) is 6.03 Å². The van der Waals surface area contributed by atoms with Crippen LogP contribution in [0.1, 0.15) is 44.2 Å². The molecule has 0 radical (unpaired) electrons. The van der Waals surface area contributed by atoms with Crippen molar-refractivity contribution in [2.75, 3.05) is 32.7 Å². The quantitative estimate of drug-likeness (QED) is 0.707. The van der Waals surface area contributed by atoms with E-state index in [1.54, 1.807) is 0 Å². The standard InChI is InChI=1S/C21H35N3O/c1-17-7-6-8-20(14-17)9-11-23-21(25)22-10-4-5-12-24-15-18(2)13-19(3)16-24/h6-8,14,18-19H,4-5,9-13,15-16H2,1-3H3,(H2,22,23,25). The SMILES string of the molecule is Cc1cccc(CCNC(=O)NCCCCN2CC(C)CC(C)C2)c1. The van der Waals surface area contributed by atoms with Gasteiger partial charge in [-0.25, -0.2) is 4.79 Å². The van der Waals surface area contributed by atoms with Gasteiger partial charge in [0.25, 0.3) is 0 Å². The molecular weight excluding hydrogens is 310 g/mol. The maximum atomic E-state index is 11.8. The minimum Gasteiger partial charge on any atom is -0.338 e. The first-order valence-corrected chi connectivity index (χ1v) is 9.82. The Balaban J connectivity index is 1.49. The molecule has 0 bridgehead atoms. The molecule has 1 aromatic carbocycles. The number of aryl methyl sites for hydroxylation is 1. The maximum Gasteiger partial charge on any atom is 0.314 e. The van der Waals surface area contributed by atoms with Gasteiger partial charge in [-0.1, -0.05) is 43.7 Å². The minimum atomic E-state index is -0.0483. The first-order chi connectivity index (χ1) is 12.0. The molecule has 0 aliphatic carbocycles. The van der Waals surface area contributed by atoms with Gasteiger partial charge in [0.1, 0.15) is 0 Å². The number of amides is 2. The number of nitrogens with one attached hydrogen (secondary N) is 2. The van der Waals surface area contributed by atoms with Crippen LogP contribution in [-0.4, -0.2) is 43.7 Å². The van der Waals surface area contributed by atoms with E-state index in [4.69, 9.17) is 0 Å². The van der Waals surface area contributed by atoms with Crippen LogP contribution in [-0.2, 0) is 6.42 Å². The van der Waals surface area contributed by atoms with Crippen LogP contribution in [0.3, 0.4) is 0 Å². The van der Waals surface area contributed by atoms with Crippen molar-refractivity contribution >= 4 is 6.03 Å². The first-order valence-electron chi connectivity index (χ1n) is 9.82. The minimum absolute atomic E-state index is 0.0483. The number of rotatable bonds is 8. The number of likely N-dealkylation sites (tertiary alicyclic amines) is 1. The Morgan fingerprint density at radius 3 is 2.56 bits per heavy atom. The molecule has 2 unspecified atom stereocenters. The fourth-order valence-corrected chi connectivity index (χ4v) is 3.89. The molecule has 0 aromatic heterocycles. The van der Waals surface area contributed by atoms with Crippen LogP contribution in [0.15, 0.2) is 24.3 Å². The number of hydrogen-bond acceptors (Lipinski definition) is 2. The highest BCUT2D eigenvalue weighted by Gasteiger charge is 2.20. The lowest BCUT2D eigenvalue weighted by Gasteiger charge is -2.34. The Labute approximate surface area is 153 Å². The Morgan fingerprint density at radius 1 is 1.12 bits per heavy atom. The highest BCUT2D eigenvalue weighted by molar-refractivity contribution is 5.73.